The highest BCUT2D eigenvalue weighted by Crippen LogP contribution is 2.20. The Morgan fingerprint density at radius 3 is 2.40 bits per heavy atom. The molecule has 0 bridgehead atoms. The van der Waals surface area contributed by atoms with Crippen LogP contribution >= 0.6 is 0 Å². The summed E-state index contributed by atoms with van der Waals surface area (Å²) in [5.41, 5.74) is 2.04. The summed E-state index contributed by atoms with van der Waals surface area (Å²) in [5, 5.41) is 29.1. The molecule has 2 aromatic rings. The molecule has 5 heteroatoms. The lowest BCUT2D eigenvalue weighted by Crippen LogP contribution is -1.93. The number of aromatic hydroxyl groups is 1. The van der Waals surface area contributed by atoms with Crippen LogP contribution in [0.2, 0.25) is 0 Å². The maximum atomic E-state index is 10.7. The van der Waals surface area contributed by atoms with E-state index in [1.807, 2.05) is 0 Å². The lowest BCUT2D eigenvalue weighted by Gasteiger charge is -2.02. The molecule has 0 aliphatic rings. The highest BCUT2D eigenvalue weighted by Gasteiger charge is 2.08. The van der Waals surface area contributed by atoms with E-state index in [0.717, 1.165) is 5.56 Å². The molecule has 0 saturated carbocycles. The van der Waals surface area contributed by atoms with Gasteiger partial charge in [-0.05, 0) is 34.9 Å². The Morgan fingerprint density at radius 2 is 1.80 bits per heavy atom. The van der Waals surface area contributed by atoms with Crippen LogP contribution in [0.25, 0.3) is 12.2 Å². The van der Waals surface area contributed by atoms with E-state index in [1.54, 1.807) is 42.5 Å². The average molecular weight is 271 g/mol. The Hall–Kier alpha value is -2.66. The standard InChI is InChI=1S/C15H13NO4/c17-10-13-9-14(16(19)20)6-5-12(13)4-1-11-2-7-15(18)8-3-11/h1-9,17-18H,10H2/b4-1+. The van der Waals surface area contributed by atoms with Crippen molar-refractivity contribution in [1.29, 1.82) is 0 Å². The molecule has 0 fully saturated rings. The molecule has 20 heavy (non-hydrogen) atoms. The summed E-state index contributed by atoms with van der Waals surface area (Å²) < 4.78 is 0. The molecule has 0 aromatic heterocycles. The quantitative estimate of drug-likeness (QED) is 0.508. The lowest BCUT2D eigenvalue weighted by molar-refractivity contribution is -0.384. The van der Waals surface area contributed by atoms with E-state index in [4.69, 9.17) is 0 Å². The molecule has 0 atom stereocenters. The first-order valence-electron chi connectivity index (χ1n) is 5.95. The Kier molecular flexibility index (Phi) is 4.12. The molecule has 0 heterocycles. The molecule has 0 aliphatic heterocycles. The fourth-order valence-electron chi connectivity index (χ4n) is 1.78. The van der Waals surface area contributed by atoms with Crippen LogP contribution in [-0.2, 0) is 6.61 Å². The van der Waals surface area contributed by atoms with Crippen molar-refractivity contribution in [1.82, 2.24) is 0 Å². The minimum Gasteiger partial charge on any atom is -0.508 e. The number of hydrogen-bond donors (Lipinski definition) is 2. The summed E-state index contributed by atoms with van der Waals surface area (Å²) in [6.07, 6.45) is 3.57. The van der Waals surface area contributed by atoms with Crippen LogP contribution in [0.15, 0.2) is 42.5 Å². The maximum absolute atomic E-state index is 10.7. The summed E-state index contributed by atoms with van der Waals surface area (Å²) in [4.78, 5) is 10.2. The van der Waals surface area contributed by atoms with Crippen LogP contribution in [0.5, 0.6) is 5.75 Å². The lowest BCUT2D eigenvalue weighted by atomic mass is 10.1. The predicted octanol–water partition coefficient (Wildman–Crippen LogP) is 2.96. The minimum absolute atomic E-state index is 0.0455. The van der Waals surface area contributed by atoms with E-state index in [2.05, 4.69) is 0 Å². The normalized spacial score (nSPS) is 10.8. The third kappa shape index (κ3) is 3.21. The number of non-ortho nitro benzene ring substituents is 1. The van der Waals surface area contributed by atoms with E-state index < -0.39 is 4.92 Å². The van der Waals surface area contributed by atoms with Gasteiger partial charge in [0.05, 0.1) is 11.5 Å². The molecule has 102 valence electrons. The number of aliphatic hydroxyl groups excluding tert-OH is 1. The van der Waals surface area contributed by atoms with Gasteiger partial charge in [0.15, 0.2) is 0 Å². The van der Waals surface area contributed by atoms with Crippen molar-refractivity contribution in [2.24, 2.45) is 0 Å². The molecule has 0 aliphatic carbocycles. The van der Waals surface area contributed by atoms with Crippen molar-refractivity contribution < 1.29 is 15.1 Å². The molecule has 2 N–H and O–H groups in total. The number of benzene rings is 2. The van der Waals surface area contributed by atoms with Crippen LogP contribution in [0.1, 0.15) is 16.7 Å². The smallest absolute Gasteiger partial charge is 0.269 e. The minimum atomic E-state index is -0.493. The predicted molar refractivity (Wildman–Crippen MR) is 76.1 cm³/mol. The molecule has 0 amide bonds. The Labute approximate surface area is 115 Å². The number of nitro benzene ring substituents is 1. The Balaban J connectivity index is 2.28. The van der Waals surface area contributed by atoms with Crippen molar-refractivity contribution >= 4 is 17.8 Å². The third-order valence-electron chi connectivity index (χ3n) is 2.86. The third-order valence-corrected chi connectivity index (χ3v) is 2.86. The topological polar surface area (TPSA) is 83.6 Å². The zero-order valence-corrected chi connectivity index (χ0v) is 10.6. The van der Waals surface area contributed by atoms with Gasteiger partial charge in [-0.15, -0.1) is 0 Å². The summed E-state index contributed by atoms with van der Waals surface area (Å²) in [6.45, 7) is -0.267. The molecular weight excluding hydrogens is 258 g/mol. The van der Waals surface area contributed by atoms with Gasteiger partial charge in [-0.25, -0.2) is 0 Å². The molecule has 2 aromatic carbocycles. The fourth-order valence-corrected chi connectivity index (χ4v) is 1.78. The summed E-state index contributed by atoms with van der Waals surface area (Å²) in [5.74, 6) is 0.188. The summed E-state index contributed by atoms with van der Waals surface area (Å²) >= 11 is 0. The van der Waals surface area contributed by atoms with Crippen molar-refractivity contribution in [3.8, 4) is 5.75 Å². The maximum Gasteiger partial charge on any atom is 0.269 e. The van der Waals surface area contributed by atoms with Gasteiger partial charge in [-0.2, -0.15) is 0 Å². The van der Waals surface area contributed by atoms with E-state index in [-0.39, 0.29) is 18.0 Å². The Bertz CT molecular complexity index is 647. The fraction of sp³-hybridized carbons (Fsp3) is 0.0667. The number of nitrogens with zero attached hydrogens (tertiary/aromatic N) is 1. The van der Waals surface area contributed by atoms with Gasteiger partial charge in [0.1, 0.15) is 5.75 Å². The molecule has 0 radical (unpaired) electrons. The first kappa shape index (κ1) is 13.8. The molecular formula is C15H13NO4. The highest BCUT2D eigenvalue weighted by molar-refractivity contribution is 5.72. The first-order chi connectivity index (χ1) is 9.60. The van der Waals surface area contributed by atoms with E-state index in [9.17, 15) is 20.3 Å². The van der Waals surface area contributed by atoms with Crippen molar-refractivity contribution in [2.45, 2.75) is 6.61 Å². The van der Waals surface area contributed by atoms with Gasteiger partial charge in [-0.3, -0.25) is 10.1 Å². The van der Waals surface area contributed by atoms with Gasteiger partial charge >= 0.3 is 0 Å². The number of phenols is 1. The molecule has 2 rings (SSSR count). The number of rotatable bonds is 4. The average Bonchev–Trinajstić information content (AvgIpc) is 2.46. The summed E-state index contributed by atoms with van der Waals surface area (Å²) in [7, 11) is 0. The zero-order valence-electron chi connectivity index (χ0n) is 10.6. The van der Waals surface area contributed by atoms with Crippen molar-refractivity contribution in [3.63, 3.8) is 0 Å². The second kappa shape index (κ2) is 5.99. The summed E-state index contributed by atoms with van der Waals surface area (Å²) in [6, 6.07) is 11.0. The van der Waals surface area contributed by atoms with Crippen LogP contribution in [0.3, 0.4) is 0 Å². The monoisotopic (exact) mass is 271 g/mol. The van der Waals surface area contributed by atoms with Gasteiger partial charge in [0, 0.05) is 12.1 Å². The van der Waals surface area contributed by atoms with Gasteiger partial charge in [-0.1, -0.05) is 24.3 Å². The van der Waals surface area contributed by atoms with E-state index >= 15 is 0 Å². The van der Waals surface area contributed by atoms with Crippen LogP contribution in [-0.4, -0.2) is 15.1 Å². The molecule has 0 spiro atoms. The number of nitro groups is 1. The van der Waals surface area contributed by atoms with Crippen LogP contribution in [0.4, 0.5) is 5.69 Å². The number of hydrogen-bond acceptors (Lipinski definition) is 4. The van der Waals surface area contributed by atoms with Gasteiger partial charge in [0.2, 0.25) is 0 Å². The SMILES string of the molecule is O=[N+]([O-])c1ccc(/C=C/c2ccc(O)cc2)c(CO)c1. The Morgan fingerprint density at radius 1 is 1.10 bits per heavy atom. The second-order valence-corrected chi connectivity index (χ2v) is 4.22. The molecule has 0 saturated heterocycles. The van der Waals surface area contributed by atoms with Gasteiger partial charge < -0.3 is 10.2 Å². The van der Waals surface area contributed by atoms with Crippen molar-refractivity contribution in [2.75, 3.05) is 0 Å². The van der Waals surface area contributed by atoms with Crippen LogP contribution in [0, 0.1) is 10.1 Å². The number of phenolic OH excluding ortho intramolecular Hbond substituents is 1. The molecule has 0 unspecified atom stereocenters. The first-order valence-corrected chi connectivity index (χ1v) is 5.95. The second-order valence-electron chi connectivity index (χ2n) is 4.22. The van der Waals surface area contributed by atoms with Crippen LogP contribution < -0.4 is 0 Å². The number of aliphatic hydroxyl groups is 1. The highest BCUT2D eigenvalue weighted by atomic mass is 16.6. The van der Waals surface area contributed by atoms with Crippen molar-refractivity contribution in [3.05, 3.63) is 69.3 Å². The van der Waals surface area contributed by atoms with E-state index in [0.29, 0.717) is 11.1 Å². The van der Waals surface area contributed by atoms with E-state index in [1.165, 1.54) is 12.1 Å². The van der Waals surface area contributed by atoms with Gasteiger partial charge in [0.25, 0.3) is 5.69 Å². The molecule has 5 nitrogen and oxygen atoms in total. The largest absolute Gasteiger partial charge is 0.508 e. The zero-order chi connectivity index (χ0) is 14.5.